The summed E-state index contributed by atoms with van der Waals surface area (Å²) in [5.74, 6) is 0.723. The largest absolute Gasteiger partial charge is 0.399 e. The van der Waals surface area contributed by atoms with Crippen LogP contribution in [0, 0.1) is 0 Å². The number of nitrogens with two attached hydrogens (primary N) is 2. The van der Waals surface area contributed by atoms with Gasteiger partial charge in [0.15, 0.2) is 0 Å². The lowest BCUT2D eigenvalue weighted by Gasteiger charge is -2.14. The number of anilines is 2. The highest BCUT2D eigenvalue weighted by molar-refractivity contribution is 5.44. The van der Waals surface area contributed by atoms with Crippen LogP contribution in [0.4, 0.5) is 11.4 Å². The van der Waals surface area contributed by atoms with Gasteiger partial charge in [-0.05, 0) is 70.5 Å². The Morgan fingerprint density at radius 1 is 0.438 bits per heavy atom. The van der Waals surface area contributed by atoms with Crippen LogP contribution in [0.5, 0.6) is 0 Å². The Hall–Kier alpha value is -3.52. The van der Waals surface area contributed by atoms with Crippen LogP contribution in [0.1, 0.15) is 59.1 Å². The average molecular weight is 421 g/mol. The summed E-state index contributed by atoms with van der Waals surface area (Å²) in [7, 11) is 0. The third kappa shape index (κ3) is 5.20. The van der Waals surface area contributed by atoms with Gasteiger partial charge in [0.2, 0.25) is 0 Å². The molecule has 32 heavy (non-hydrogen) atoms. The third-order valence-electron chi connectivity index (χ3n) is 6.53. The van der Waals surface area contributed by atoms with Gasteiger partial charge in [-0.15, -0.1) is 0 Å². The minimum absolute atomic E-state index is 0.361. The molecule has 0 spiro atoms. The maximum absolute atomic E-state index is 5.82. The minimum Gasteiger partial charge on any atom is -0.399 e. The van der Waals surface area contributed by atoms with Crippen LogP contribution in [0.25, 0.3) is 0 Å². The van der Waals surface area contributed by atoms with Crippen molar-refractivity contribution >= 4 is 11.4 Å². The Morgan fingerprint density at radius 3 is 0.969 bits per heavy atom. The van der Waals surface area contributed by atoms with Crippen LogP contribution < -0.4 is 11.5 Å². The van der Waals surface area contributed by atoms with E-state index in [0.717, 1.165) is 24.2 Å². The van der Waals surface area contributed by atoms with Crippen molar-refractivity contribution in [2.24, 2.45) is 0 Å². The van der Waals surface area contributed by atoms with Crippen LogP contribution in [-0.2, 0) is 12.8 Å². The van der Waals surface area contributed by atoms with E-state index >= 15 is 0 Å². The smallest absolute Gasteiger partial charge is 0.0314 e. The summed E-state index contributed by atoms with van der Waals surface area (Å²) < 4.78 is 0. The standard InChI is InChI=1S/C30H32N2/c1-21(27-13-17-29(31)18-14-27)25-9-5-23(6-10-25)3-4-24-7-11-26(12-8-24)22(2)28-15-19-30(32)20-16-28/h5-22H,3-4,31-32H2,1-2H3. The number of hydrogen-bond acceptors (Lipinski definition) is 2. The molecule has 2 nitrogen and oxygen atoms in total. The summed E-state index contributed by atoms with van der Waals surface area (Å²) in [6.45, 7) is 4.49. The number of nitrogen functional groups attached to an aromatic ring is 2. The van der Waals surface area contributed by atoms with Gasteiger partial charge in [-0.25, -0.2) is 0 Å². The molecule has 0 aliphatic carbocycles. The van der Waals surface area contributed by atoms with Crippen molar-refractivity contribution in [1.82, 2.24) is 0 Å². The molecule has 0 bridgehead atoms. The van der Waals surface area contributed by atoms with Crippen molar-refractivity contribution in [1.29, 1.82) is 0 Å². The molecule has 4 rings (SSSR count). The van der Waals surface area contributed by atoms with Gasteiger partial charge in [0.1, 0.15) is 0 Å². The van der Waals surface area contributed by atoms with E-state index in [-0.39, 0.29) is 0 Å². The van der Waals surface area contributed by atoms with Crippen LogP contribution in [0.3, 0.4) is 0 Å². The second-order valence-electron chi connectivity index (χ2n) is 8.76. The van der Waals surface area contributed by atoms with Gasteiger partial charge in [0.25, 0.3) is 0 Å². The average Bonchev–Trinajstić information content (AvgIpc) is 2.83. The van der Waals surface area contributed by atoms with Gasteiger partial charge in [-0.1, -0.05) is 86.6 Å². The van der Waals surface area contributed by atoms with E-state index in [1.165, 1.54) is 33.4 Å². The molecule has 0 aliphatic rings. The molecule has 0 saturated carbocycles. The SMILES string of the molecule is CC(c1ccc(N)cc1)c1ccc(CCc2ccc(C(C)c3ccc(N)cc3)cc2)cc1. The third-order valence-corrected chi connectivity index (χ3v) is 6.53. The molecule has 0 aliphatic heterocycles. The quantitative estimate of drug-likeness (QED) is 0.318. The lowest BCUT2D eigenvalue weighted by molar-refractivity contribution is 0.906. The molecular weight excluding hydrogens is 388 g/mol. The lowest BCUT2D eigenvalue weighted by atomic mass is 9.91. The molecule has 2 heteroatoms. The first-order valence-electron chi connectivity index (χ1n) is 11.4. The molecule has 0 aromatic heterocycles. The zero-order valence-corrected chi connectivity index (χ0v) is 19.0. The maximum atomic E-state index is 5.82. The van der Waals surface area contributed by atoms with Crippen LogP contribution in [0.2, 0.25) is 0 Å². The predicted molar refractivity (Wildman–Crippen MR) is 137 cm³/mol. The number of benzene rings is 4. The summed E-state index contributed by atoms with van der Waals surface area (Å²) in [4.78, 5) is 0. The zero-order chi connectivity index (χ0) is 22.5. The van der Waals surface area contributed by atoms with Gasteiger partial charge < -0.3 is 11.5 Å². The summed E-state index contributed by atoms with van der Waals surface area (Å²) in [5, 5.41) is 0. The number of rotatable bonds is 7. The van der Waals surface area contributed by atoms with Crippen molar-refractivity contribution in [3.05, 3.63) is 130 Å². The Kier molecular flexibility index (Phi) is 6.61. The van der Waals surface area contributed by atoms with Crippen molar-refractivity contribution in [3.8, 4) is 0 Å². The fraction of sp³-hybridized carbons (Fsp3) is 0.200. The second kappa shape index (κ2) is 9.74. The number of hydrogen-bond donors (Lipinski definition) is 2. The van der Waals surface area contributed by atoms with Crippen molar-refractivity contribution in [2.75, 3.05) is 11.5 Å². The fourth-order valence-electron chi connectivity index (χ4n) is 4.19. The first-order valence-corrected chi connectivity index (χ1v) is 11.4. The van der Waals surface area contributed by atoms with Crippen molar-refractivity contribution in [3.63, 3.8) is 0 Å². The Bertz CT molecular complexity index is 1030. The number of aryl methyl sites for hydroxylation is 2. The molecule has 2 atom stereocenters. The monoisotopic (exact) mass is 420 g/mol. The Balaban J connectivity index is 1.35. The zero-order valence-electron chi connectivity index (χ0n) is 19.0. The Morgan fingerprint density at radius 2 is 0.688 bits per heavy atom. The van der Waals surface area contributed by atoms with E-state index in [2.05, 4.69) is 86.6 Å². The van der Waals surface area contributed by atoms with Crippen LogP contribution in [0.15, 0.2) is 97.1 Å². The molecule has 0 radical (unpaired) electrons. The molecule has 0 fully saturated rings. The normalized spacial score (nSPS) is 12.9. The molecule has 4 aromatic rings. The first-order chi connectivity index (χ1) is 15.5. The topological polar surface area (TPSA) is 52.0 Å². The lowest BCUT2D eigenvalue weighted by Crippen LogP contribution is -1.99. The maximum Gasteiger partial charge on any atom is 0.0314 e. The van der Waals surface area contributed by atoms with Crippen molar-refractivity contribution < 1.29 is 0 Å². The van der Waals surface area contributed by atoms with E-state index in [1.54, 1.807) is 0 Å². The highest BCUT2D eigenvalue weighted by Gasteiger charge is 2.10. The van der Waals surface area contributed by atoms with E-state index in [4.69, 9.17) is 11.5 Å². The molecule has 0 saturated heterocycles. The summed E-state index contributed by atoms with van der Waals surface area (Å²) in [6.07, 6.45) is 2.09. The molecule has 0 amide bonds. The molecule has 2 unspecified atom stereocenters. The second-order valence-corrected chi connectivity index (χ2v) is 8.76. The van der Waals surface area contributed by atoms with Crippen LogP contribution >= 0.6 is 0 Å². The summed E-state index contributed by atoms with van der Waals surface area (Å²) >= 11 is 0. The van der Waals surface area contributed by atoms with Crippen molar-refractivity contribution in [2.45, 2.75) is 38.5 Å². The highest BCUT2D eigenvalue weighted by atomic mass is 14.5. The molecule has 4 aromatic carbocycles. The minimum atomic E-state index is 0.361. The highest BCUT2D eigenvalue weighted by Crippen LogP contribution is 2.27. The van der Waals surface area contributed by atoms with Gasteiger partial charge in [0.05, 0.1) is 0 Å². The first kappa shape index (κ1) is 21.7. The molecule has 162 valence electrons. The molecular formula is C30H32N2. The van der Waals surface area contributed by atoms with Gasteiger partial charge in [-0.3, -0.25) is 0 Å². The molecule has 4 N–H and O–H groups in total. The molecule has 0 heterocycles. The van der Waals surface area contributed by atoms with Gasteiger partial charge >= 0.3 is 0 Å². The predicted octanol–water partition coefficient (Wildman–Crippen LogP) is 6.94. The van der Waals surface area contributed by atoms with E-state index in [0.29, 0.717) is 11.8 Å². The van der Waals surface area contributed by atoms with E-state index < -0.39 is 0 Å². The Labute approximate surface area is 191 Å². The summed E-state index contributed by atoms with van der Waals surface area (Å²) in [5.41, 5.74) is 21.2. The van der Waals surface area contributed by atoms with Gasteiger partial charge in [0, 0.05) is 23.2 Å². The van der Waals surface area contributed by atoms with Crippen LogP contribution in [-0.4, -0.2) is 0 Å². The van der Waals surface area contributed by atoms with Gasteiger partial charge in [-0.2, -0.15) is 0 Å². The fourth-order valence-corrected chi connectivity index (χ4v) is 4.19. The van der Waals surface area contributed by atoms with E-state index in [9.17, 15) is 0 Å². The van der Waals surface area contributed by atoms with E-state index in [1.807, 2.05) is 24.3 Å². The summed E-state index contributed by atoms with van der Waals surface area (Å²) in [6, 6.07) is 34.5.